The third kappa shape index (κ3) is 7.59. The summed E-state index contributed by atoms with van der Waals surface area (Å²) in [5.41, 5.74) is 23.1. The molecule has 9 aromatic carbocycles. The van der Waals surface area contributed by atoms with Crippen LogP contribution in [0, 0.1) is 0 Å². The Bertz CT molecular complexity index is 3100. The van der Waals surface area contributed by atoms with E-state index in [4.69, 9.17) is 0 Å². The maximum absolute atomic E-state index is 2.45. The Morgan fingerprint density at radius 3 is 1.27 bits per heavy atom. The lowest BCUT2D eigenvalue weighted by Crippen LogP contribution is -2.18. The molecule has 0 heterocycles. The highest BCUT2D eigenvalue weighted by Gasteiger charge is 2.37. The van der Waals surface area contributed by atoms with E-state index in [1.807, 2.05) is 0 Å². The van der Waals surface area contributed by atoms with Gasteiger partial charge in [-0.2, -0.15) is 0 Å². The zero-order valence-electron chi connectivity index (χ0n) is 38.4. The van der Waals surface area contributed by atoms with Gasteiger partial charge in [0, 0.05) is 27.9 Å². The predicted molar refractivity (Wildman–Crippen MR) is 280 cm³/mol. The summed E-state index contributed by atoms with van der Waals surface area (Å²) in [6.07, 6.45) is 6.47. The Labute approximate surface area is 391 Å². The van der Waals surface area contributed by atoms with Crippen LogP contribution in [0.1, 0.15) is 83.7 Å². The fraction of sp³-hybridized carbons (Fsp3) is 0.138. The van der Waals surface area contributed by atoms with Crippen molar-refractivity contribution in [1.29, 1.82) is 0 Å². The number of rotatable bonds is 11. The van der Waals surface area contributed by atoms with Gasteiger partial charge in [0.2, 0.25) is 0 Å². The van der Waals surface area contributed by atoms with Gasteiger partial charge in [0.25, 0.3) is 0 Å². The minimum Gasteiger partial charge on any atom is -0.310 e. The van der Waals surface area contributed by atoms with Crippen molar-refractivity contribution in [3.05, 3.63) is 268 Å². The van der Waals surface area contributed by atoms with Crippen LogP contribution in [-0.4, -0.2) is 0 Å². The van der Waals surface area contributed by atoms with Gasteiger partial charge in [-0.3, -0.25) is 0 Å². The zero-order chi connectivity index (χ0) is 44.8. The minimum atomic E-state index is -0.0967. The van der Waals surface area contributed by atoms with E-state index in [2.05, 4.69) is 263 Å². The van der Waals surface area contributed by atoms with E-state index < -0.39 is 0 Å². The van der Waals surface area contributed by atoms with E-state index in [0.29, 0.717) is 5.92 Å². The van der Waals surface area contributed by atoms with Crippen molar-refractivity contribution < 1.29 is 0 Å². The molecule has 0 fully saturated rings. The van der Waals surface area contributed by atoms with E-state index in [1.54, 1.807) is 0 Å². The molecule has 1 atom stereocenters. The first kappa shape index (κ1) is 41.2. The number of nitrogens with zero attached hydrogens (tertiary/aromatic N) is 1. The highest BCUT2D eigenvalue weighted by atomic mass is 15.1. The largest absolute Gasteiger partial charge is 0.310 e. The summed E-state index contributed by atoms with van der Waals surface area (Å²) in [5.74, 6) is 0.427. The van der Waals surface area contributed by atoms with E-state index in [0.717, 1.165) is 18.5 Å². The van der Waals surface area contributed by atoms with Gasteiger partial charge in [-0.05, 0) is 139 Å². The number of anilines is 3. The van der Waals surface area contributed by atoms with Crippen LogP contribution in [0.4, 0.5) is 17.1 Å². The summed E-state index contributed by atoms with van der Waals surface area (Å²) in [6, 6.07) is 81.0. The van der Waals surface area contributed by atoms with E-state index in [-0.39, 0.29) is 10.8 Å². The van der Waals surface area contributed by atoms with Crippen molar-refractivity contribution in [3.8, 4) is 33.4 Å². The maximum Gasteiger partial charge on any atom is 0.0465 e. The molecule has 9 aromatic rings. The zero-order valence-corrected chi connectivity index (χ0v) is 38.4. The molecule has 1 unspecified atom stereocenters. The fourth-order valence-corrected chi connectivity index (χ4v) is 10.9. The van der Waals surface area contributed by atoms with E-state index >= 15 is 0 Å². The summed E-state index contributed by atoms with van der Waals surface area (Å²) < 4.78 is 0. The Morgan fingerprint density at radius 1 is 0.364 bits per heavy atom. The Kier molecular flexibility index (Phi) is 10.5. The molecule has 66 heavy (non-hydrogen) atoms. The van der Waals surface area contributed by atoms with Gasteiger partial charge in [-0.1, -0.05) is 222 Å². The fourth-order valence-electron chi connectivity index (χ4n) is 10.9. The molecule has 0 saturated heterocycles. The second kappa shape index (κ2) is 16.8. The maximum atomic E-state index is 2.45. The topological polar surface area (TPSA) is 3.24 Å². The SMILES string of the molecule is CC1(C)c2ccccc2-c2ccc(N(c3ccc(-c4ccc(C=Cc5ccc(CC(Cc6ccccc6)c6ccccc6)cc5)cc4)cc3)c3ccc4c(c3)C(C)(C)c3ccccc3-4)cc21. The van der Waals surface area contributed by atoms with Crippen LogP contribution < -0.4 is 4.90 Å². The van der Waals surface area contributed by atoms with Crippen LogP contribution in [0.2, 0.25) is 0 Å². The molecule has 0 aromatic heterocycles. The number of benzene rings is 9. The first-order valence-electron chi connectivity index (χ1n) is 23.6. The van der Waals surface area contributed by atoms with Crippen molar-refractivity contribution in [2.75, 3.05) is 4.90 Å². The monoisotopic (exact) mass is 849 g/mol. The summed E-state index contributed by atoms with van der Waals surface area (Å²) in [5, 5.41) is 0. The molecule has 1 heteroatoms. The molecular weight excluding hydrogens is 795 g/mol. The molecule has 0 amide bonds. The molecule has 2 aliphatic carbocycles. The molecule has 2 aliphatic rings. The van der Waals surface area contributed by atoms with Crippen molar-refractivity contribution in [1.82, 2.24) is 0 Å². The Hall–Kier alpha value is -7.48. The first-order chi connectivity index (χ1) is 32.2. The molecule has 0 radical (unpaired) electrons. The van der Waals surface area contributed by atoms with Gasteiger partial charge < -0.3 is 4.90 Å². The molecule has 0 N–H and O–H groups in total. The highest BCUT2D eigenvalue weighted by Crippen LogP contribution is 2.53. The van der Waals surface area contributed by atoms with Crippen molar-refractivity contribution in [2.45, 2.75) is 57.3 Å². The van der Waals surface area contributed by atoms with E-state index in [9.17, 15) is 0 Å². The number of hydrogen-bond acceptors (Lipinski definition) is 1. The predicted octanol–water partition coefficient (Wildman–Crippen LogP) is 17.2. The first-order valence-corrected chi connectivity index (χ1v) is 23.6. The summed E-state index contributed by atoms with van der Waals surface area (Å²) in [7, 11) is 0. The quantitative estimate of drug-likeness (QED) is 0.117. The molecule has 11 rings (SSSR count). The minimum absolute atomic E-state index is 0.0967. The number of fused-ring (bicyclic) bond motifs is 6. The van der Waals surface area contributed by atoms with Gasteiger partial charge in [0.1, 0.15) is 0 Å². The van der Waals surface area contributed by atoms with E-state index in [1.165, 1.54) is 94.8 Å². The van der Waals surface area contributed by atoms with Crippen LogP contribution in [0.3, 0.4) is 0 Å². The molecule has 320 valence electrons. The van der Waals surface area contributed by atoms with Gasteiger partial charge in [-0.25, -0.2) is 0 Å². The van der Waals surface area contributed by atoms with Crippen LogP contribution in [0.15, 0.2) is 218 Å². The summed E-state index contributed by atoms with van der Waals surface area (Å²) >= 11 is 0. The van der Waals surface area contributed by atoms with Crippen LogP contribution in [-0.2, 0) is 23.7 Å². The average Bonchev–Trinajstić information content (AvgIpc) is 3.73. The second-order valence-corrected chi connectivity index (χ2v) is 19.4. The Balaban J connectivity index is 0.845. The lowest BCUT2D eigenvalue weighted by atomic mass is 9.82. The molecule has 0 aliphatic heterocycles. The van der Waals surface area contributed by atoms with Crippen molar-refractivity contribution in [3.63, 3.8) is 0 Å². The van der Waals surface area contributed by atoms with Crippen LogP contribution >= 0.6 is 0 Å². The summed E-state index contributed by atoms with van der Waals surface area (Å²) in [6.45, 7) is 9.46. The summed E-state index contributed by atoms with van der Waals surface area (Å²) in [4.78, 5) is 2.45. The van der Waals surface area contributed by atoms with Gasteiger partial charge in [-0.15, -0.1) is 0 Å². The van der Waals surface area contributed by atoms with Gasteiger partial charge in [0.05, 0.1) is 0 Å². The number of hydrogen-bond donors (Lipinski definition) is 0. The average molecular weight is 850 g/mol. The molecule has 0 saturated carbocycles. The van der Waals surface area contributed by atoms with Gasteiger partial charge in [0.15, 0.2) is 0 Å². The lowest BCUT2D eigenvalue weighted by molar-refractivity contribution is 0.660. The molecular formula is C65H55N. The highest BCUT2D eigenvalue weighted by molar-refractivity contribution is 5.88. The molecule has 0 bridgehead atoms. The van der Waals surface area contributed by atoms with Gasteiger partial charge >= 0.3 is 0 Å². The molecule has 1 nitrogen and oxygen atoms in total. The molecule has 0 spiro atoms. The van der Waals surface area contributed by atoms with Crippen molar-refractivity contribution >= 4 is 29.2 Å². The third-order valence-electron chi connectivity index (χ3n) is 14.5. The van der Waals surface area contributed by atoms with Crippen molar-refractivity contribution in [2.24, 2.45) is 0 Å². The van der Waals surface area contributed by atoms with Crippen LogP contribution in [0.5, 0.6) is 0 Å². The second-order valence-electron chi connectivity index (χ2n) is 19.4. The lowest BCUT2D eigenvalue weighted by Gasteiger charge is -2.30. The normalized spacial score (nSPS) is 14.3. The smallest absolute Gasteiger partial charge is 0.0465 e. The van der Waals surface area contributed by atoms with Crippen LogP contribution in [0.25, 0.3) is 45.5 Å². The third-order valence-corrected chi connectivity index (χ3v) is 14.5. The Morgan fingerprint density at radius 2 is 0.758 bits per heavy atom. The standard InChI is InChI=1S/C65H55N/c1-64(2)60-21-13-11-19-56(60)58-39-37-54(43-62(58)64)66(55-38-40-59-57-20-12-14-22-61(57)65(3,4)63(59)44-55)53-35-33-51(34-36-53)50-31-29-46(30-32-50)24-23-45-25-27-48(28-26-45)42-52(49-17-9-6-10-18-49)41-47-15-7-5-8-16-47/h5-40,43-44,52H,41-42H2,1-4H3.